The van der Waals surface area contributed by atoms with Gasteiger partial charge in [-0.15, -0.1) is 10.2 Å². The van der Waals surface area contributed by atoms with Gasteiger partial charge < -0.3 is 10.1 Å². The number of methoxy groups -OCH3 is 1. The van der Waals surface area contributed by atoms with E-state index in [2.05, 4.69) is 20.5 Å². The lowest BCUT2D eigenvalue weighted by Crippen LogP contribution is -2.10. The van der Waals surface area contributed by atoms with Gasteiger partial charge in [-0.2, -0.15) is 0 Å². The molecule has 1 aromatic heterocycles. The van der Waals surface area contributed by atoms with Gasteiger partial charge in [-0.05, 0) is 17.7 Å². The Morgan fingerprint density at radius 1 is 1.35 bits per heavy atom. The van der Waals surface area contributed by atoms with Crippen LogP contribution in [-0.4, -0.2) is 22.3 Å². The summed E-state index contributed by atoms with van der Waals surface area (Å²) in [6.07, 6.45) is 1.12. The average Bonchev–Trinajstić information content (AvgIpc) is 2.32. The highest BCUT2D eigenvalue weighted by Crippen LogP contribution is 2.12. The molecule has 0 spiro atoms. The second-order valence-electron chi connectivity index (χ2n) is 3.44. The molecule has 0 saturated heterocycles. The first kappa shape index (κ1) is 11.3. The molecule has 17 heavy (non-hydrogen) atoms. The standard InChI is InChI=1S/C11H12N4O2/c1-17-7-8-2-4-9(5-3-8)13-11-14-10(16)6-12-15-11/h2-6H,7H2,1H3,(H2,13,14,15,16). The van der Waals surface area contributed by atoms with E-state index in [1.807, 2.05) is 24.3 Å². The van der Waals surface area contributed by atoms with Crippen molar-refractivity contribution in [3.05, 3.63) is 46.4 Å². The summed E-state index contributed by atoms with van der Waals surface area (Å²) in [6, 6.07) is 7.61. The molecule has 2 aromatic rings. The van der Waals surface area contributed by atoms with Crippen molar-refractivity contribution in [2.45, 2.75) is 6.61 Å². The lowest BCUT2D eigenvalue weighted by molar-refractivity contribution is 0.185. The Labute approximate surface area is 97.7 Å². The maximum Gasteiger partial charge on any atom is 0.271 e. The fourth-order valence-corrected chi connectivity index (χ4v) is 1.36. The Balaban J connectivity index is 2.11. The molecule has 0 atom stereocenters. The van der Waals surface area contributed by atoms with Gasteiger partial charge in [-0.25, -0.2) is 0 Å². The van der Waals surface area contributed by atoms with Crippen LogP contribution in [0.5, 0.6) is 0 Å². The van der Waals surface area contributed by atoms with Gasteiger partial charge in [-0.3, -0.25) is 9.78 Å². The van der Waals surface area contributed by atoms with E-state index in [0.29, 0.717) is 12.6 Å². The number of hydrogen-bond acceptors (Lipinski definition) is 5. The van der Waals surface area contributed by atoms with E-state index in [-0.39, 0.29) is 5.56 Å². The van der Waals surface area contributed by atoms with E-state index in [1.54, 1.807) is 7.11 Å². The lowest BCUT2D eigenvalue weighted by atomic mass is 10.2. The van der Waals surface area contributed by atoms with Crippen LogP contribution in [0.15, 0.2) is 35.3 Å². The van der Waals surface area contributed by atoms with Crippen molar-refractivity contribution in [2.24, 2.45) is 0 Å². The van der Waals surface area contributed by atoms with Gasteiger partial charge >= 0.3 is 0 Å². The maximum absolute atomic E-state index is 11.0. The van der Waals surface area contributed by atoms with Crippen LogP contribution in [0, 0.1) is 0 Å². The largest absolute Gasteiger partial charge is 0.380 e. The summed E-state index contributed by atoms with van der Waals surface area (Å²) in [5.74, 6) is 0.317. The summed E-state index contributed by atoms with van der Waals surface area (Å²) < 4.78 is 5.01. The molecule has 0 unspecified atom stereocenters. The van der Waals surface area contributed by atoms with E-state index in [9.17, 15) is 4.79 Å². The Hall–Kier alpha value is -2.21. The quantitative estimate of drug-likeness (QED) is 0.823. The zero-order valence-electron chi connectivity index (χ0n) is 9.30. The van der Waals surface area contributed by atoms with Crippen LogP contribution in [0.4, 0.5) is 11.6 Å². The number of H-pyrrole nitrogens is 1. The number of nitrogens with one attached hydrogen (secondary N) is 2. The van der Waals surface area contributed by atoms with Crippen molar-refractivity contribution in [1.29, 1.82) is 0 Å². The molecule has 6 heteroatoms. The monoisotopic (exact) mass is 232 g/mol. The summed E-state index contributed by atoms with van der Waals surface area (Å²) in [4.78, 5) is 13.5. The van der Waals surface area contributed by atoms with Crippen molar-refractivity contribution in [3.63, 3.8) is 0 Å². The van der Waals surface area contributed by atoms with Crippen LogP contribution < -0.4 is 10.9 Å². The first-order valence-electron chi connectivity index (χ1n) is 5.05. The van der Waals surface area contributed by atoms with E-state index >= 15 is 0 Å². The summed E-state index contributed by atoms with van der Waals surface area (Å²) in [5, 5.41) is 10.2. The van der Waals surface area contributed by atoms with Crippen LogP contribution in [0.25, 0.3) is 0 Å². The molecule has 0 amide bonds. The van der Waals surface area contributed by atoms with Crippen LogP contribution in [0.2, 0.25) is 0 Å². The number of hydrogen-bond donors (Lipinski definition) is 2. The minimum Gasteiger partial charge on any atom is -0.380 e. The molecule has 2 rings (SSSR count). The second kappa shape index (κ2) is 5.22. The van der Waals surface area contributed by atoms with Gasteiger partial charge in [0.05, 0.1) is 6.61 Å². The fraction of sp³-hybridized carbons (Fsp3) is 0.182. The normalized spacial score (nSPS) is 10.2. The van der Waals surface area contributed by atoms with Gasteiger partial charge in [-0.1, -0.05) is 12.1 Å². The Bertz CT molecular complexity index is 536. The van der Waals surface area contributed by atoms with Crippen molar-refractivity contribution >= 4 is 11.6 Å². The number of aromatic nitrogens is 3. The molecule has 88 valence electrons. The minimum atomic E-state index is -0.293. The molecular weight excluding hydrogens is 220 g/mol. The lowest BCUT2D eigenvalue weighted by Gasteiger charge is -2.05. The van der Waals surface area contributed by atoms with Crippen molar-refractivity contribution < 1.29 is 4.74 Å². The van der Waals surface area contributed by atoms with Gasteiger partial charge in [0.1, 0.15) is 6.20 Å². The maximum atomic E-state index is 11.0. The molecule has 0 saturated carbocycles. The second-order valence-corrected chi connectivity index (χ2v) is 3.44. The van der Waals surface area contributed by atoms with Crippen LogP contribution in [0.1, 0.15) is 5.56 Å². The zero-order chi connectivity index (χ0) is 12.1. The van der Waals surface area contributed by atoms with Gasteiger partial charge in [0.25, 0.3) is 5.56 Å². The summed E-state index contributed by atoms with van der Waals surface area (Å²) in [6.45, 7) is 0.572. The highest BCUT2D eigenvalue weighted by Gasteiger charge is 1.98. The van der Waals surface area contributed by atoms with E-state index < -0.39 is 0 Å². The average molecular weight is 232 g/mol. The SMILES string of the molecule is COCc1ccc(Nc2nncc(=O)[nH]2)cc1. The molecule has 0 aliphatic rings. The highest BCUT2D eigenvalue weighted by atomic mass is 16.5. The number of nitrogens with zero attached hydrogens (tertiary/aromatic N) is 2. The molecule has 0 fully saturated rings. The molecule has 0 radical (unpaired) electrons. The topological polar surface area (TPSA) is 79.9 Å². The predicted molar refractivity (Wildman–Crippen MR) is 63.1 cm³/mol. The van der Waals surface area contributed by atoms with Crippen LogP contribution in [-0.2, 0) is 11.3 Å². The highest BCUT2D eigenvalue weighted by molar-refractivity contribution is 5.52. The molecule has 0 bridgehead atoms. The van der Waals surface area contributed by atoms with E-state index in [1.165, 1.54) is 0 Å². The summed E-state index contributed by atoms with van der Waals surface area (Å²) >= 11 is 0. The fourth-order valence-electron chi connectivity index (χ4n) is 1.36. The summed E-state index contributed by atoms with van der Waals surface area (Å²) in [5.41, 5.74) is 1.60. The van der Waals surface area contributed by atoms with E-state index in [4.69, 9.17) is 4.74 Å². The molecule has 6 nitrogen and oxygen atoms in total. The Kier molecular flexibility index (Phi) is 3.46. The third-order valence-electron chi connectivity index (χ3n) is 2.10. The molecular formula is C11H12N4O2. The van der Waals surface area contributed by atoms with Crippen molar-refractivity contribution in [2.75, 3.05) is 12.4 Å². The molecule has 2 N–H and O–H groups in total. The van der Waals surface area contributed by atoms with Crippen LogP contribution >= 0.6 is 0 Å². The Morgan fingerprint density at radius 3 is 2.76 bits per heavy atom. The number of rotatable bonds is 4. The first-order valence-corrected chi connectivity index (χ1v) is 5.05. The smallest absolute Gasteiger partial charge is 0.271 e. The zero-order valence-corrected chi connectivity index (χ0v) is 9.30. The molecule has 1 heterocycles. The minimum absolute atomic E-state index is 0.293. The van der Waals surface area contributed by atoms with Crippen molar-refractivity contribution in [3.8, 4) is 0 Å². The predicted octanol–water partition coefficient (Wildman–Crippen LogP) is 1.05. The van der Waals surface area contributed by atoms with Gasteiger partial charge in [0.15, 0.2) is 0 Å². The van der Waals surface area contributed by atoms with Gasteiger partial charge in [0, 0.05) is 12.8 Å². The molecule has 0 aliphatic carbocycles. The summed E-state index contributed by atoms with van der Waals surface area (Å²) in [7, 11) is 1.65. The van der Waals surface area contributed by atoms with Crippen molar-refractivity contribution in [1.82, 2.24) is 15.2 Å². The third kappa shape index (κ3) is 3.12. The molecule has 0 aliphatic heterocycles. The van der Waals surface area contributed by atoms with E-state index in [0.717, 1.165) is 17.4 Å². The number of aromatic amines is 1. The number of benzene rings is 1. The van der Waals surface area contributed by atoms with Gasteiger partial charge in [0.2, 0.25) is 5.95 Å². The number of ether oxygens (including phenoxy) is 1. The van der Waals surface area contributed by atoms with Crippen LogP contribution in [0.3, 0.4) is 0 Å². The third-order valence-corrected chi connectivity index (χ3v) is 2.10. The Morgan fingerprint density at radius 2 is 2.12 bits per heavy atom. The first-order chi connectivity index (χ1) is 8.28. The molecule has 1 aromatic carbocycles. The number of anilines is 2.